The molecule has 1 fully saturated rings. The Labute approximate surface area is 140 Å². The van der Waals surface area contributed by atoms with E-state index in [2.05, 4.69) is 41.3 Å². The molecule has 1 saturated heterocycles. The number of ether oxygens (including phenoxy) is 1. The Kier molecular flexibility index (Phi) is 10.6. The van der Waals surface area contributed by atoms with Crippen LogP contribution in [0.4, 0.5) is 0 Å². The van der Waals surface area contributed by atoms with Crippen LogP contribution in [-0.2, 0) is 4.74 Å². The Morgan fingerprint density at radius 2 is 1.90 bits per heavy atom. The largest absolute Gasteiger partial charge is 0.379 e. The van der Waals surface area contributed by atoms with Crippen LogP contribution in [0.3, 0.4) is 0 Å². The maximum absolute atomic E-state index is 5.41. The highest BCUT2D eigenvalue weighted by atomic mass is 127. The quantitative estimate of drug-likeness (QED) is 0.310. The van der Waals surface area contributed by atoms with Gasteiger partial charge in [0.25, 0.3) is 0 Å². The van der Waals surface area contributed by atoms with Gasteiger partial charge >= 0.3 is 0 Å². The molecule has 0 bridgehead atoms. The molecule has 0 aromatic carbocycles. The summed E-state index contributed by atoms with van der Waals surface area (Å²) < 4.78 is 5.41. The number of halogens is 1. The summed E-state index contributed by atoms with van der Waals surface area (Å²) in [5.74, 6) is 0.898. The molecule has 0 aromatic heterocycles. The van der Waals surface area contributed by atoms with Crippen LogP contribution >= 0.6 is 24.0 Å². The van der Waals surface area contributed by atoms with E-state index < -0.39 is 0 Å². The third-order valence-electron chi connectivity index (χ3n) is 3.60. The Morgan fingerprint density at radius 3 is 2.45 bits per heavy atom. The number of hydrogen-bond donors (Lipinski definition) is 2. The maximum atomic E-state index is 5.41. The summed E-state index contributed by atoms with van der Waals surface area (Å²) in [5.41, 5.74) is 0.117. The first-order chi connectivity index (χ1) is 9.10. The van der Waals surface area contributed by atoms with Gasteiger partial charge in [-0.1, -0.05) is 13.3 Å². The van der Waals surface area contributed by atoms with Crippen LogP contribution in [-0.4, -0.2) is 62.8 Å². The van der Waals surface area contributed by atoms with Crippen LogP contribution in [0.1, 0.15) is 33.6 Å². The van der Waals surface area contributed by atoms with Gasteiger partial charge in [0.2, 0.25) is 0 Å². The van der Waals surface area contributed by atoms with Crippen LogP contribution in [0.25, 0.3) is 0 Å². The lowest BCUT2D eigenvalue weighted by Crippen LogP contribution is -2.56. The summed E-state index contributed by atoms with van der Waals surface area (Å²) in [6.45, 7) is 12.3. The lowest BCUT2D eigenvalue weighted by atomic mass is 10.0. The Balaban J connectivity index is 0.00000361. The van der Waals surface area contributed by atoms with E-state index in [-0.39, 0.29) is 29.5 Å². The molecule has 20 heavy (non-hydrogen) atoms. The molecule has 5 nitrogen and oxygen atoms in total. The first kappa shape index (κ1) is 19.9. The van der Waals surface area contributed by atoms with Crippen molar-refractivity contribution in [2.75, 3.05) is 46.4 Å². The molecule has 1 heterocycles. The van der Waals surface area contributed by atoms with Crippen LogP contribution in [0.15, 0.2) is 4.99 Å². The fourth-order valence-electron chi connectivity index (χ4n) is 2.18. The minimum Gasteiger partial charge on any atom is -0.379 e. The van der Waals surface area contributed by atoms with Gasteiger partial charge in [0.05, 0.1) is 13.2 Å². The van der Waals surface area contributed by atoms with Gasteiger partial charge in [-0.05, 0) is 20.3 Å². The van der Waals surface area contributed by atoms with E-state index in [0.29, 0.717) is 0 Å². The fourth-order valence-corrected chi connectivity index (χ4v) is 2.18. The molecular weight excluding hydrogens is 367 g/mol. The van der Waals surface area contributed by atoms with Gasteiger partial charge in [-0.25, -0.2) is 0 Å². The number of nitrogens with zero attached hydrogens (tertiary/aromatic N) is 2. The third-order valence-corrected chi connectivity index (χ3v) is 3.60. The molecule has 0 unspecified atom stereocenters. The molecule has 1 aliphatic rings. The molecule has 2 N–H and O–H groups in total. The van der Waals surface area contributed by atoms with Crippen molar-refractivity contribution in [2.45, 2.75) is 39.2 Å². The third kappa shape index (κ3) is 7.08. The van der Waals surface area contributed by atoms with Crippen molar-refractivity contribution >= 4 is 29.9 Å². The molecule has 1 rings (SSSR count). The summed E-state index contributed by atoms with van der Waals surface area (Å²) in [4.78, 5) is 6.73. The molecule has 0 radical (unpaired) electrons. The minimum atomic E-state index is 0. The van der Waals surface area contributed by atoms with Gasteiger partial charge in [0.1, 0.15) is 0 Å². The number of rotatable bonds is 6. The van der Waals surface area contributed by atoms with Crippen molar-refractivity contribution in [3.05, 3.63) is 0 Å². The standard InChI is InChI=1S/C14H30N4O.HI/c1-5-6-7-16-13(15-4)17-12-14(2,3)18-8-10-19-11-9-18;/h5-12H2,1-4H3,(H2,15,16,17);1H. The zero-order valence-electron chi connectivity index (χ0n) is 13.4. The Hall–Kier alpha value is -0.0800. The molecule has 0 amide bonds. The van der Waals surface area contributed by atoms with Gasteiger partial charge in [-0.3, -0.25) is 9.89 Å². The average molecular weight is 398 g/mol. The normalized spacial score (nSPS) is 17.5. The summed E-state index contributed by atoms with van der Waals surface area (Å²) >= 11 is 0. The SMILES string of the molecule is CCCCNC(=NC)NCC(C)(C)N1CCOCC1.I. The molecule has 0 saturated carbocycles. The molecule has 0 aromatic rings. The average Bonchev–Trinajstić information content (AvgIpc) is 2.43. The lowest BCUT2D eigenvalue weighted by Gasteiger charge is -2.41. The van der Waals surface area contributed by atoms with E-state index in [9.17, 15) is 0 Å². The van der Waals surface area contributed by atoms with E-state index in [1.54, 1.807) is 0 Å². The monoisotopic (exact) mass is 398 g/mol. The van der Waals surface area contributed by atoms with Gasteiger partial charge in [0, 0.05) is 38.8 Å². The lowest BCUT2D eigenvalue weighted by molar-refractivity contribution is -0.00833. The van der Waals surface area contributed by atoms with Crippen molar-refractivity contribution in [1.82, 2.24) is 15.5 Å². The highest BCUT2D eigenvalue weighted by molar-refractivity contribution is 14.0. The first-order valence-electron chi connectivity index (χ1n) is 7.37. The highest BCUT2D eigenvalue weighted by Gasteiger charge is 2.28. The second kappa shape index (κ2) is 10.6. The van der Waals surface area contributed by atoms with Gasteiger partial charge < -0.3 is 15.4 Å². The van der Waals surface area contributed by atoms with Crippen LogP contribution in [0.5, 0.6) is 0 Å². The van der Waals surface area contributed by atoms with Crippen molar-refractivity contribution in [3.63, 3.8) is 0 Å². The van der Waals surface area contributed by atoms with Crippen molar-refractivity contribution in [1.29, 1.82) is 0 Å². The predicted octanol–water partition coefficient (Wildman–Crippen LogP) is 1.68. The van der Waals surface area contributed by atoms with Crippen LogP contribution in [0.2, 0.25) is 0 Å². The topological polar surface area (TPSA) is 48.9 Å². The molecule has 6 heteroatoms. The summed E-state index contributed by atoms with van der Waals surface area (Å²) in [6.07, 6.45) is 2.37. The van der Waals surface area contributed by atoms with E-state index in [4.69, 9.17) is 4.74 Å². The van der Waals surface area contributed by atoms with Gasteiger partial charge in [0.15, 0.2) is 5.96 Å². The Bertz CT molecular complexity index is 278. The second-order valence-electron chi connectivity index (χ2n) is 5.62. The molecule has 0 atom stereocenters. The Morgan fingerprint density at radius 1 is 1.25 bits per heavy atom. The van der Waals surface area contributed by atoms with Crippen molar-refractivity contribution in [3.8, 4) is 0 Å². The van der Waals surface area contributed by atoms with E-state index in [1.807, 2.05) is 7.05 Å². The molecule has 120 valence electrons. The highest BCUT2D eigenvalue weighted by Crippen LogP contribution is 2.14. The van der Waals surface area contributed by atoms with Crippen LogP contribution < -0.4 is 10.6 Å². The van der Waals surface area contributed by atoms with Crippen molar-refractivity contribution in [2.24, 2.45) is 4.99 Å². The molecular formula is C14H31IN4O. The number of aliphatic imine (C=N–C) groups is 1. The number of unbranched alkanes of at least 4 members (excludes halogenated alkanes) is 1. The number of guanidine groups is 1. The summed E-state index contributed by atoms with van der Waals surface area (Å²) in [5, 5.41) is 6.76. The number of morpholine rings is 1. The van der Waals surface area contributed by atoms with Crippen molar-refractivity contribution < 1.29 is 4.74 Å². The summed E-state index contributed by atoms with van der Waals surface area (Å²) in [7, 11) is 1.82. The second-order valence-corrected chi connectivity index (χ2v) is 5.62. The zero-order valence-corrected chi connectivity index (χ0v) is 15.7. The number of nitrogens with one attached hydrogen (secondary N) is 2. The molecule has 0 spiro atoms. The van der Waals surface area contributed by atoms with Crippen LogP contribution in [0, 0.1) is 0 Å². The molecule has 1 aliphatic heterocycles. The van der Waals surface area contributed by atoms with E-state index >= 15 is 0 Å². The fraction of sp³-hybridized carbons (Fsp3) is 0.929. The maximum Gasteiger partial charge on any atom is 0.191 e. The van der Waals surface area contributed by atoms with E-state index in [1.165, 1.54) is 12.8 Å². The van der Waals surface area contributed by atoms with Gasteiger partial charge in [-0.15, -0.1) is 24.0 Å². The summed E-state index contributed by atoms with van der Waals surface area (Å²) in [6, 6.07) is 0. The smallest absolute Gasteiger partial charge is 0.191 e. The van der Waals surface area contributed by atoms with E-state index in [0.717, 1.165) is 45.4 Å². The number of hydrogen-bond acceptors (Lipinski definition) is 3. The first-order valence-corrected chi connectivity index (χ1v) is 7.37. The van der Waals surface area contributed by atoms with Gasteiger partial charge in [-0.2, -0.15) is 0 Å². The zero-order chi connectivity index (χ0) is 14.1. The predicted molar refractivity (Wildman–Crippen MR) is 96.2 cm³/mol. The minimum absolute atomic E-state index is 0. The molecule has 0 aliphatic carbocycles.